The molecule has 5 heteroatoms. The summed E-state index contributed by atoms with van der Waals surface area (Å²) in [6, 6.07) is 0. The fourth-order valence-corrected chi connectivity index (χ4v) is 11.7. The Morgan fingerprint density at radius 3 is 2.16 bits per heavy atom. The molecule has 0 spiro atoms. The summed E-state index contributed by atoms with van der Waals surface area (Å²) in [6.45, 7) is 19.6. The summed E-state index contributed by atoms with van der Waals surface area (Å²) in [5.41, 5.74) is -1.00. The first-order valence-corrected chi connectivity index (χ1v) is 15.2. The van der Waals surface area contributed by atoms with Crippen molar-refractivity contribution in [3.63, 3.8) is 0 Å². The number of aliphatic hydroxyl groups is 2. The molecule has 1 aliphatic heterocycles. The average molecular weight is 519 g/mol. The Labute approximate surface area is 225 Å². The zero-order chi connectivity index (χ0) is 27.4. The lowest BCUT2D eigenvalue weighted by Gasteiger charge is -2.71. The largest absolute Gasteiger partial charge is 0.462 e. The van der Waals surface area contributed by atoms with Crippen LogP contribution in [0.15, 0.2) is 0 Å². The molecule has 212 valence electrons. The number of rotatable bonds is 3. The Kier molecular flexibility index (Phi) is 6.35. The zero-order valence-corrected chi connectivity index (χ0v) is 25.0. The van der Waals surface area contributed by atoms with Crippen LogP contribution in [0, 0.1) is 45.3 Å². The zero-order valence-electron chi connectivity index (χ0n) is 25.0. The molecule has 1 saturated heterocycles. The van der Waals surface area contributed by atoms with Crippen LogP contribution in [0.5, 0.6) is 0 Å². The molecule has 11 unspecified atom stereocenters. The van der Waals surface area contributed by atoms with E-state index >= 15 is 0 Å². The van der Waals surface area contributed by atoms with Crippen LogP contribution >= 0.6 is 0 Å². The first kappa shape index (κ1) is 27.9. The van der Waals surface area contributed by atoms with Gasteiger partial charge in [0.05, 0.1) is 23.4 Å². The van der Waals surface area contributed by atoms with Crippen molar-refractivity contribution in [1.29, 1.82) is 0 Å². The topological polar surface area (TPSA) is 76.0 Å². The maximum atomic E-state index is 12.0. The highest BCUT2D eigenvalue weighted by Crippen LogP contribution is 2.76. The van der Waals surface area contributed by atoms with Crippen LogP contribution in [0.25, 0.3) is 0 Å². The van der Waals surface area contributed by atoms with E-state index in [-0.39, 0.29) is 51.4 Å². The van der Waals surface area contributed by atoms with Gasteiger partial charge < -0.3 is 19.7 Å². The first-order valence-electron chi connectivity index (χ1n) is 15.2. The molecule has 0 amide bonds. The van der Waals surface area contributed by atoms with Gasteiger partial charge in [0.1, 0.15) is 6.10 Å². The van der Waals surface area contributed by atoms with Crippen molar-refractivity contribution in [3.8, 4) is 0 Å². The van der Waals surface area contributed by atoms with Crippen molar-refractivity contribution < 1.29 is 24.5 Å². The van der Waals surface area contributed by atoms with E-state index in [1.165, 1.54) is 32.6 Å². The molecule has 0 aromatic heterocycles. The van der Waals surface area contributed by atoms with E-state index in [1.807, 2.05) is 13.8 Å². The molecule has 37 heavy (non-hydrogen) atoms. The predicted octanol–water partition coefficient (Wildman–Crippen LogP) is 6.28. The summed E-state index contributed by atoms with van der Waals surface area (Å²) in [6.07, 6.45) is 8.83. The molecule has 5 nitrogen and oxygen atoms in total. The minimum atomic E-state index is -0.807. The van der Waals surface area contributed by atoms with E-state index in [0.29, 0.717) is 17.8 Å². The standard InChI is InChI=1S/C32H54O5/c1-19(33)36-24-13-15-29(6)23-11-10-20-21(32(9)17-14-25(37-32)28(4,5)35)12-16-30(20,7)31(23,8)18-22(34)26(29)27(24,2)3/h20-26,34-35H,10-18H2,1-9H3. The van der Waals surface area contributed by atoms with Gasteiger partial charge in [0.25, 0.3) is 0 Å². The maximum Gasteiger partial charge on any atom is 0.302 e. The van der Waals surface area contributed by atoms with Crippen molar-refractivity contribution in [2.45, 2.75) is 150 Å². The van der Waals surface area contributed by atoms with E-state index in [0.717, 1.165) is 32.1 Å². The lowest BCUT2D eigenvalue weighted by molar-refractivity contribution is -0.262. The molecule has 4 aliphatic carbocycles. The fourth-order valence-electron chi connectivity index (χ4n) is 11.7. The second kappa shape index (κ2) is 8.43. The molecule has 11 atom stereocenters. The summed E-state index contributed by atoms with van der Waals surface area (Å²) in [5, 5.41) is 22.6. The van der Waals surface area contributed by atoms with Crippen molar-refractivity contribution in [1.82, 2.24) is 0 Å². The van der Waals surface area contributed by atoms with Gasteiger partial charge in [-0.2, -0.15) is 0 Å². The number of carbonyl (C=O) groups excluding carboxylic acids is 1. The third-order valence-electron chi connectivity index (χ3n) is 13.4. The van der Waals surface area contributed by atoms with Gasteiger partial charge in [0.15, 0.2) is 0 Å². The number of hydrogen-bond donors (Lipinski definition) is 2. The van der Waals surface area contributed by atoms with Crippen LogP contribution in [-0.2, 0) is 14.3 Å². The Morgan fingerprint density at radius 2 is 1.57 bits per heavy atom. The minimum absolute atomic E-state index is 0.0262. The third kappa shape index (κ3) is 3.83. The molecule has 4 saturated carbocycles. The summed E-state index contributed by atoms with van der Waals surface area (Å²) in [4.78, 5) is 11.9. The Bertz CT molecular complexity index is 923. The lowest BCUT2D eigenvalue weighted by atomic mass is 9.35. The highest BCUT2D eigenvalue weighted by molar-refractivity contribution is 5.66. The number of fused-ring (bicyclic) bond motifs is 5. The van der Waals surface area contributed by atoms with Gasteiger partial charge in [-0.25, -0.2) is 0 Å². The molecule has 0 bridgehead atoms. The van der Waals surface area contributed by atoms with Crippen LogP contribution in [-0.4, -0.2) is 45.7 Å². The Morgan fingerprint density at radius 1 is 0.892 bits per heavy atom. The van der Waals surface area contributed by atoms with E-state index in [1.54, 1.807) is 0 Å². The van der Waals surface area contributed by atoms with Crippen molar-refractivity contribution in [2.24, 2.45) is 45.3 Å². The van der Waals surface area contributed by atoms with E-state index in [9.17, 15) is 15.0 Å². The average Bonchev–Trinajstić information content (AvgIpc) is 3.32. The van der Waals surface area contributed by atoms with Crippen LogP contribution in [0.3, 0.4) is 0 Å². The van der Waals surface area contributed by atoms with Gasteiger partial charge in [0.2, 0.25) is 0 Å². The van der Waals surface area contributed by atoms with Gasteiger partial charge in [-0.1, -0.05) is 34.6 Å². The Balaban J connectivity index is 1.45. The Hall–Kier alpha value is -0.650. The molecule has 5 aliphatic rings. The van der Waals surface area contributed by atoms with Crippen LogP contribution < -0.4 is 0 Å². The molecule has 5 rings (SSSR count). The first-order chi connectivity index (χ1) is 16.9. The number of carbonyl (C=O) groups is 1. The van der Waals surface area contributed by atoms with E-state index in [4.69, 9.17) is 9.47 Å². The molecule has 0 aromatic rings. The summed E-state index contributed by atoms with van der Waals surface area (Å²) in [7, 11) is 0. The summed E-state index contributed by atoms with van der Waals surface area (Å²) >= 11 is 0. The summed E-state index contributed by atoms with van der Waals surface area (Å²) < 4.78 is 12.5. The highest BCUT2D eigenvalue weighted by Gasteiger charge is 2.72. The second-order valence-corrected chi connectivity index (χ2v) is 16.0. The molecular weight excluding hydrogens is 464 g/mol. The molecule has 2 N–H and O–H groups in total. The quantitative estimate of drug-likeness (QED) is 0.430. The normalized spacial score (nSPS) is 53.2. The molecular formula is C32H54O5. The number of ether oxygens (including phenoxy) is 2. The van der Waals surface area contributed by atoms with Gasteiger partial charge in [-0.3, -0.25) is 4.79 Å². The lowest BCUT2D eigenvalue weighted by Crippen LogP contribution is -2.68. The SMILES string of the molecule is CC(=O)OC1CCC2(C)C(C(O)CC3(C)C2CCC2C(C4(C)CCC(C(C)(C)O)O4)CCC23C)C1(C)C. The smallest absolute Gasteiger partial charge is 0.302 e. The van der Waals surface area contributed by atoms with E-state index < -0.39 is 11.7 Å². The van der Waals surface area contributed by atoms with E-state index in [2.05, 4.69) is 41.5 Å². The van der Waals surface area contributed by atoms with Crippen LogP contribution in [0.4, 0.5) is 0 Å². The van der Waals surface area contributed by atoms with Gasteiger partial charge >= 0.3 is 5.97 Å². The number of hydrogen-bond acceptors (Lipinski definition) is 5. The van der Waals surface area contributed by atoms with Crippen LogP contribution in [0.2, 0.25) is 0 Å². The second-order valence-electron chi connectivity index (χ2n) is 16.0. The monoisotopic (exact) mass is 518 g/mol. The third-order valence-corrected chi connectivity index (χ3v) is 13.4. The highest BCUT2D eigenvalue weighted by atomic mass is 16.5. The predicted molar refractivity (Wildman–Crippen MR) is 145 cm³/mol. The molecule has 0 aromatic carbocycles. The van der Waals surface area contributed by atoms with Gasteiger partial charge in [0, 0.05) is 12.3 Å². The number of aliphatic hydroxyl groups excluding tert-OH is 1. The molecule has 0 radical (unpaired) electrons. The number of esters is 1. The fraction of sp³-hybridized carbons (Fsp3) is 0.969. The molecule has 1 heterocycles. The summed E-state index contributed by atoms with van der Waals surface area (Å²) in [5.74, 6) is 1.54. The van der Waals surface area contributed by atoms with Crippen molar-refractivity contribution in [2.75, 3.05) is 0 Å². The van der Waals surface area contributed by atoms with Crippen molar-refractivity contribution >= 4 is 5.97 Å². The van der Waals surface area contributed by atoms with Gasteiger partial charge in [-0.15, -0.1) is 0 Å². The minimum Gasteiger partial charge on any atom is -0.462 e. The maximum absolute atomic E-state index is 12.0. The molecule has 5 fully saturated rings. The van der Waals surface area contributed by atoms with Crippen LogP contribution in [0.1, 0.15) is 120 Å². The van der Waals surface area contributed by atoms with Crippen molar-refractivity contribution in [3.05, 3.63) is 0 Å². The van der Waals surface area contributed by atoms with Gasteiger partial charge in [-0.05, 0) is 118 Å².